The van der Waals surface area contributed by atoms with E-state index in [1.807, 2.05) is 0 Å². The van der Waals surface area contributed by atoms with Gasteiger partial charge >= 0.3 is 0 Å². The van der Waals surface area contributed by atoms with Gasteiger partial charge in [-0.2, -0.15) is 4.37 Å². The fourth-order valence-electron chi connectivity index (χ4n) is 1.99. The first-order valence-corrected chi connectivity index (χ1v) is 8.86. The molecule has 2 rings (SSSR count). The summed E-state index contributed by atoms with van der Waals surface area (Å²) in [4.78, 5) is 2.33. The van der Waals surface area contributed by atoms with E-state index in [-0.39, 0.29) is 10.7 Å². The highest BCUT2D eigenvalue weighted by Crippen LogP contribution is 2.32. The fourth-order valence-corrected chi connectivity index (χ4v) is 4.09. The third-order valence-corrected chi connectivity index (χ3v) is 6.07. The van der Waals surface area contributed by atoms with Gasteiger partial charge in [-0.05, 0) is 11.5 Å². The number of anilines is 2. The molecule has 8 nitrogen and oxygen atoms in total. The van der Waals surface area contributed by atoms with E-state index in [0.29, 0.717) is 11.5 Å². The summed E-state index contributed by atoms with van der Waals surface area (Å²) in [5, 5.41) is 3.62. The number of hydrogen-bond acceptors (Lipinski definition) is 8. The van der Waals surface area contributed by atoms with Gasteiger partial charge in [-0.3, -0.25) is 4.90 Å². The maximum absolute atomic E-state index is 12.2. The van der Waals surface area contributed by atoms with Gasteiger partial charge in [0.15, 0.2) is 10.7 Å². The summed E-state index contributed by atoms with van der Waals surface area (Å²) in [5.41, 5.74) is 5.71. The van der Waals surface area contributed by atoms with Crippen molar-refractivity contribution in [1.82, 2.24) is 13.6 Å². The third-order valence-electron chi connectivity index (χ3n) is 3.23. The van der Waals surface area contributed by atoms with Gasteiger partial charge in [0.1, 0.15) is 5.00 Å². The molecule has 21 heavy (non-hydrogen) atoms. The molecule has 1 saturated heterocycles. The average molecular weight is 335 g/mol. The van der Waals surface area contributed by atoms with Crippen LogP contribution in [0.25, 0.3) is 0 Å². The van der Waals surface area contributed by atoms with E-state index >= 15 is 0 Å². The number of morpholine rings is 1. The van der Waals surface area contributed by atoms with Crippen LogP contribution >= 0.6 is 11.5 Å². The summed E-state index contributed by atoms with van der Waals surface area (Å²) in [6.07, 6.45) is 0. The summed E-state index contributed by atoms with van der Waals surface area (Å²) >= 11 is 1.07. The minimum Gasteiger partial charge on any atom is -0.382 e. The molecular weight excluding hydrogens is 314 g/mol. The van der Waals surface area contributed by atoms with E-state index in [2.05, 4.69) is 14.6 Å². The molecule has 2 heterocycles. The molecule has 10 heteroatoms. The van der Waals surface area contributed by atoms with Gasteiger partial charge in [0.2, 0.25) is 10.0 Å². The van der Waals surface area contributed by atoms with Gasteiger partial charge in [0.05, 0.1) is 13.2 Å². The summed E-state index contributed by atoms with van der Waals surface area (Å²) in [7, 11) is -0.638. The fraction of sp³-hybridized carbons (Fsp3) is 0.727. The molecular formula is C11H21N5O3S2. The van der Waals surface area contributed by atoms with E-state index in [0.717, 1.165) is 48.7 Å². The number of nitrogens with zero attached hydrogens (tertiary/aromatic N) is 3. The van der Waals surface area contributed by atoms with Crippen LogP contribution in [0, 0.1) is 0 Å². The molecule has 0 spiro atoms. The van der Waals surface area contributed by atoms with E-state index in [4.69, 9.17) is 10.5 Å². The third kappa shape index (κ3) is 3.83. The van der Waals surface area contributed by atoms with Crippen molar-refractivity contribution in [3.05, 3.63) is 0 Å². The molecule has 0 aromatic carbocycles. The van der Waals surface area contributed by atoms with Crippen LogP contribution in [0.15, 0.2) is 4.90 Å². The molecule has 1 fully saturated rings. The number of nitrogens with two attached hydrogens (primary N) is 1. The maximum atomic E-state index is 12.2. The van der Waals surface area contributed by atoms with Gasteiger partial charge in [0, 0.05) is 40.3 Å². The second-order valence-corrected chi connectivity index (χ2v) is 7.76. The van der Waals surface area contributed by atoms with Crippen molar-refractivity contribution in [3.8, 4) is 0 Å². The molecule has 0 unspecified atom stereocenters. The molecule has 120 valence electrons. The number of aromatic nitrogens is 1. The number of hydrogen-bond donors (Lipinski definition) is 2. The Morgan fingerprint density at radius 1 is 1.43 bits per heavy atom. The molecule has 0 radical (unpaired) electrons. The van der Waals surface area contributed by atoms with Crippen LogP contribution in [0.2, 0.25) is 0 Å². The number of sulfonamides is 1. The van der Waals surface area contributed by atoms with Crippen molar-refractivity contribution < 1.29 is 13.2 Å². The monoisotopic (exact) mass is 335 g/mol. The van der Waals surface area contributed by atoms with Crippen molar-refractivity contribution in [2.75, 3.05) is 64.5 Å². The molecule has 0 aliphatic carbocycles. The molecule has 1 aromatic heterocycles. The Morgan fingerprint density at radius 2 is 2.10 bits per heavy atom. The minimum absolute atomic E-state index is 0.0440. The number of rotatable bonds is 6. The second-order valence-electron chi connectivity index (χ2n) is 4.89. The summed E-state index contributed by atoms with van der Waals surface area (Å²) in [6.45, 7) is 4.74. The zero-order valence-electron chi connectivity index (χ0n) is 12.2. The molecule has 0 atom stereocenters. The van der Waals surface area contributed by atoms with Crippen LogP contribution in [0.4, 0.5) is 10.8 Å². The summed E-state index contributed by atoms with van der Waals surface area (Å²) in [5.74, 6) is 0.0440. The Labute approximate surface area is 129 Å². The molecule has 1 aliphatic rings. The first-order chi connectivity index (χ1) is 9.93. The zero-order chi connectivity index (χ0) is 15.5. The van der Waals surface area contributed by atoms with Gasteiger partial charge in [0.25, 0.3) is 0 Å². The van der Waals surface area contributed by atoms with Crippen LogP contribution in [-0.2, 0) is 14.8 Å². The predicted molar refractivity (Wildman–Crippen MR) is 83.1 cm³/mol. The molecule has 1 aromatic rings. The van der Waals surface area contributed by atoms with E-state index in [1.165, 1.54) is 14.1 Å². The number of nitrogens with one attached hydrogen (secondary N) is 1. The lowest BCUT2D eigenvalue weighted by Crippen LogP contribution is -2.39. The van der Waals surface area contributed by atoms with Crippen LogP contribution in [-0.4, -0.2) is 75.5 Å². The number of nitrogen functional groups attached to an aromatic ring is 1. The van der Waals surface area contributed by atoms with Crippen molar-refractivity contribution >= 4 is 32.4 Å². The zero-order valence-corrected chi connectivity index (χ0v) is 13.8. The Balaban J connectivity index is 2.01. The Hall–Kier alpha value is -0.940. The largest absolute Gasteiger partial charge is 0.382 e. The highest BCUT2D eigenvalue weighted by atomic mass is 32.2. The lowest BCUT2D eigenvalue weighted by Gasteiger charge is -2.26. The van der Waals surface area contributed by atoms with E-state index in [9.17, 15) is 8.42 Å². The Morgan fingerprint density at radius 3 is 2.71 bits per heavy atom. The highest BCUT2D eigenvalue weighted by molar-refractivity contribution is 7.89. The molecule has 0 amide bonds. The molecule has 0 bridgehead atoms. The standard InChI is InChI=1S/C11H21N5O3S2/c1-15(2)21(17,18)9-10(12)14-20-11(9)13-3-4-16-5-7-19-8-6-16/h13H,3-8H2,1-2H3,(H2,12,14). The lowest BCUT2D eigenvalue weighted by molar-refractivity contribution is 0.0398. The topological polar surface area (TPSA) is 101 Å². The quantitative estimate of drug-likeness (QED) is 0.737. The van der Waals surface area contributed by atoms with Gasteiger partial charge in [-0.25, -0.2) is 12.7 Å². The van der Waals surface area contributed by atoms with Gasteiger partial charge in [-0.1, -0.05) is 0 Å². The van der Waals surface area contributed by atoms with E-state index in [1.54, 1.807) is 0 Å². The average Bonchev–Trinajstić information content (AvgIpc) is 2.81. The Kier molecular flexibility index (Phi) is 5.38. The first-order valence-electron chi connectivity index (χ1n) is 6.64. The SMILES string of the molecule is CN(C)S(=O)(=O)c1c(N)nsc1NCCN1CCOCC1. The normalized spacial score (nSPS) is 17.3. The predicted octanol–water partition coefficient (Wildman–Crippen LogP) is -0.280. The van der Waals surface area contributed by atoms with Crippen molar-refractivity contribution in [2.45, 2.75) is 4.90 Å². The van der Waals surface area contributed by atoms with Crippen molar-refractivity contribution in [2.24, 2.45) is 0 Å². The first kappa shape index (κ1) is 16.4. The van der Waals surface area contributed by atoms with Crippen molar-refractivity contribution in [3.63, 3.8) is 0 Å². The summed E-state index contributed by atoms with van der Waals surface area (Å²) in [6, 6.07) is 0. The van der Waals surface area contributed by atoms with E-state index < -0.39 is 10.0 Å². The minimum atomic E-state index is -3.59. The summed E-state index contributed by atoms with van der Waals surface area (Å²) < 4.78 is 34.9. The second kappa shape index (κ2) is 6.88. The van der Waals surface area contributed by atoms with Crippen LogP contribution in [0.3, 0.4) is 0 Å². The molecule has 0 saturated carbocycles. The number of ether oxygens (including phenoxy) is 1. The van der Waals surface area contributed by atoms with Gasteiger partial charge in [-0.15, -0.1) is 0 Å². The molecule has 1 aliphatic heterocycles. The van der Waals surface area contributed by atoms with Crippen LogP contribution < -0.4 is 11.1 Å². The molecule has 3 N–H and O–H groups in total. The van der Waals surface area contributed by atoms with Crippen LogP contribution in [0.5, 0.6) is 0 Å². The van der Waals surface area contributed by atoms with Crippen molar-refractivity contribution in [1.29, 1.82) is 0 Å². The van der Waals surface area contributed by atoms with Crippen LogP contribution in [0.1, 0.15) is 0 Å². The Bertz CT molecular complexity index is 566. The smallest absolute Gasteiger partial charge is 0.249 e. The van der Waals surface area contributed by atoms with Gasteiger partial charge < -0.3 is 15.8 Å². The maximum Gasteiger partial charge on any atom is 0.249 e. The highest BCUT2D eigenvalue weighted by Gasteiger charge is 2.27. The lowest BCUT2D eigenvalue weighted by atomic mass is 10.4.